The third-order valence-electron chi connectivity index (χ3n) is 6.94. The summed E-state index contributed by atoms with van der Waals surface area (Å²) < 4.78 is 106. The number of allylic oxidation sites excluding steroid dienone is 4. The van der Waals surface area contributed by atoms with E-state index >= 15 is 4.39 Å². The highest BCUT2D eigenvalue weighted by Gasteiger charge is 2.43. The summed E-state index contributed by atoms with van der Waals surface area (Å²) in [5, 5.41) is 2.65. The number of hydrogen-bond acceptors (Lipinski definition) is 6. The third-order valence-corrected chi connectivity index (χ3v) is 8.16. The van der Waals surface area contributed by atoms with Crippen molar-refractivity contribution in [2.45, 2.75) is 56.5 Å². The van der Waals surface area contributed by atoms with E-state index in [-0.39, 0.29) is 42.2 Å². The average Bonchev–Trinajstić information content (AvgIpc) is 3.15. The van der Waals surface area contributed by atoms with E-state index in [2.05, 4.69) is 10.3 Å². The summed E-state index contributed by atoms with van der Waals surface area (Å²) in [6.45, 7) is 1.87. The lowest BCUT2D eigenvalue weighted by Gasteiger charge is -2.37. The van der Waals surface area contributed by atoms with Crippen LogP contribution < -0.4 is 10.2 Å². The van der Waals surface area contributed by atoms with Crippen molar-refractivity contribution in [3.05, 3.63) is 46.1 Å². The van der Waals surface area contributed by atoms with E-state index in [1.54, 1.807) is 4.90 Å². The predicted molar refractivity (Wildman–Crippen MR) is 123 cm³/mol. The van der Waals surface area contributed by atoms with Crippen molar-refractivity contribution in [3.8, 4) is 0 Å². The zero-order valence-electron chi connectivity index (χ0n) is 20.1. The molecule has 0 spiro atoms. The molecule has 0 saturated carbocycles. The van der Waals surface area contributed by atoms with Gasteiger partial charge in [-0.25, -0.2) is 26.6 Å². The Morgan fingerprint density at radius 1 is 1.14 bits per heavy atom. The molecule has 1 N–H and O–H groups in total. The number of carbonyl (C=O) groups is 1. The molecule has 37 heavy (non-hydrogen) atoms. The summed E-state index contributed by atoms with van der Waals surface area (Å²) in [5.74, 6) is -2.73. The van der Waals surface area contributed by atoms with Crippen LogP contribution in [0.15, 0.2) is 34.8 Å². The number of carbonyl (C=O) groups excluding carboxylic acids is 1. The van der Waals surface area contributed by atoms with Crippen LogP contribution in [0.25, 0.3) is 0 Å². The molecule has 0 bridgehead atoms. The lowest BCUT2D eigenvalue weighted by Crippen LogP contribution is -2.49. The van der Waals surface area contributed by atoms with Crippen molar-refractivity contribution in [2.75, 3.05) is 30.8 Å². The second-order valence-electron chi connectivity index (χ2n) is 9.74. The van der Waals surface area contributed by atoms with Gasteiger partial charge >= 0.3 is 6.18 Å². The first-order valence-corrected chi connectivity index (χ1v) is 13.5. The normalized spacial score (nSPS) is 26.1. The summed E-state index contributed by atoms with van der Waals surface area (Å²) >= 11 is 0. The van der Waals surface area contributed by atoms with Crippen LogP contribution in [0.2, 0.25) is 0 Å². The molecular formula is C23H26F6N4O3S. The maximum Gasteiger partial charge on any atom is 0.417 e. The Morgan fingerprint density at radius 3 is 2.32 bits per heavy atom. The third kappa shape index (κ3) is 5.58. The van der Waals surface area contributed by atoms with Crippen molar-refractivity contribution in [3.63, 3.8) is 0 Å². The number of nitrogens with one attached hydrogen (secondary N) is 1. The molecule has 3 heterocycles. The van der Waals surface area contributed by atoms with Crippen molar-refractivity contribution >= 4 is 21.6 Å². The van der Waals surface area contributed by atoms with Crippen LogP contribution in [-0.4, -0.2) is 67.9 Å². The van der Waals surface area contributed by atoms with Gasteiger partial charge in [-0.3, -0.25) is 4.79 Å². The number of rotatable bonds is 5. The van der Waals surface area contributed by atoms with Gasteiger partial charge in [-0.15, -0.1) is 0 Å². The van der Waals surface area contributed by atoms with Crippen LogP contribution in [-0.2, 0) is 20.8 Å². The number of aromatic nitrogens is 1. The van der Waals surface area contributed by atoms with Crippen molar-refractivity contribution in [1.29, 1.82) is 0 Å². The monoisotopic (exact) mass is 552 g/mol. The maximum absolute atomic E-state index is 15.2. The Bertz CT molecular complexity index is 1250. The molecule has 1 aliphatic carbocycles. The molecule has 2 fully saturated rings. The Labute approximate surface area is 210 Å². The van der Waals surface area contributed by atoms with E-state index < -0.39 is 57.0 Å². The Balaban J connectivity index is 1.40. The highest BCUT2D eigenvalue weighted by molar-refractivity contribution is 7.94. The quantitative estimate of drug-likeness (QED) is 0.562. The lowest BCUT2D eigenvalue weighted by atomic mass is 9.93. The topological polar surface area (TPSA) is 82.6 Å². The summed E-state index contributed by atoms with van der Waals surface area (Å²) in [7, 11) is -3.79. The molecule has 2 saturated heterocycles. The number of alkyl halides is 4. The van der Waals surface area contributed by atoms with Gasteiger partial charge in [-0.1, -0.05) is 0 Å². The first-order valence-electron chi connectivity index (χ1n) is 11.6. The van der Waals surface area contributed by atoms with Crippen LogP contribution in [0.5, 0.6) is 0 Å². The van der Waals surface area contributed by atoms with E-state index in [1.165, 1.54) is 4.90 Å². The van der Waals surface area contributed by atoms with Crippen molar-refractivity contribution in [1.82, 2.24) is 15.2 Å². The molecule has 14 heteroatoms. The SMILES string of the molecule is CC1(F)CC(S(C)(=O)=O)=CC(F)=C1N[C@H]1CCN(C2CCN(c3ncc(C(F)(F)F)cc3F)CC2)C1=O. The molecule has 2 atom stereocenters. The Hall–Kier alpha value is -2.77. The van der Waals surface area contributed by atoms with Gasteiger partial charge in [0.2, 0.25) is 5.91 Å². The van der Waals surface area contributed by atoms with E-state index in [0.29, 0.717) is 31.6 Å². The maximum atomic E-state index is 15.2. The summed E-state index contributed by atoms with van der Waals surface area (Å²) in [6, 6.07) is -0.747. The number of nitrogens with zero attached hydrogens (tertiary/aromatic N) is 3. The first kappa shape index (κ1) is 27.3. The Kier molecular flexibility index (Phi) is 7.01. The summed E-state index contributed by atoms with van der Waals surface area (Å²) in [6.07, 6.45) is -1.98. The fraction of sp³-hybridized carbons (Fsp3) is 0.565. The standard InChI is InChI=1S/C23H26F6N4O3S/c1-22(26)11-15(37(2,35)36)10-16(24)19(22)31-18-5-8-33(21(18)34)14-3-6-32(7-4-14)20-17(25)9-13(12-30-20)23(27,28)29/h9-10,12,14,18,31H,3-8,11H2,1-2H3/t18-,22?/m0/s1. The van der Waals surface area contributed by atoms with Gasteiger partial charge in [0.1, 0.15) is 11.9 Å². The number of halogens is 6. The average molecular weight is 553 g/mol. The number of amides is 1. The van der Waals surface area contributed by atoms with Crippen LogP contribution in [0.4, 0.5) is 32.2 Å². The van der Waals surface area contributed by atoms with E-state index in [4.69, 9.17) is 0 Å². The molecule has 7 nitrogen and oxygen atoms in total. The lowest BCUT2D eigenvalue weighted by molar-refractivity contribution is -0.138. The molecule has 0 radical (unpaired) electrons. The molecule has 1 aromatic heterocycles. The Morgan fingerprint density at radius 2 is 1.78 bits per heavy atom. The van der Waals surface area contributed by atoms with Gasteiger partial charge in [0.25, 0.3) is 0 Å². The highest BCUT2D eigenvalue weighted by Crippen LogP contribution is 2.38. The van der Waals surface area contributed by atoms with Gasteiger partial charge in [0.15, 0.2) is 27.1 Å². The largest absolute Gasteiger partial charge is 0.417 e. The zero-order valence-corrected chi connectivity index (χ0v) is 20.9. The smallest absolute Gasteiger partial charge is 0.372 e. The number of pyridine rings is 1. The number of piperidine rings is 1. The molecule has 0 aromatic carbocycles. The molecular weight excluding hydrogens is 526 g/mol. The van der Waals surface area contributed by atoms with Crippen molar-refractivity contribution < 1.29 is 39.6 Å². The molecule has 1 unspecified atom stereocenters. The van der Waals surface area contributed by atoms with Gasteiger partial charge in [0.05, 0.1) is 16.2 Å². The second kappa shape index (κ2) is 9.52. The minimum absolute atomic E-state index is 0.192. The van der Waals surface area contributed by atoms with E-state index in [9.17, 15) is 35.2 Å². The molecule has 2 aliphatic heterocycles. The number of anilines is 1. The minimum Gasteiger partial charge on any atom is -0.372 e. The van der Waals surface area contributed by atoms with Crippen LogP contribution in [0, 0.1) is 5.82 Å². The van der Waals surface area contributed by atoms with Gasteiger partial charge in [-0.2, -0.15) is 13.2 Å². The van der Waals surface area contributed by atoms with Crippen LogP contribution >= 0.6 is 0 Å². The molecule has 4 rings (SSSR count). The fourth-order valence-electron chi connectivity index (χ4n) is 4.97. The predicted octanol–water partition coefficient (Wildman–Crippen LogP) is 3.64. The summed E-state index contributed by atoms with van der Waals surface area (Å²) in [4.78, 5) is 19.4. The van der Waals surface area contributed by atoms with Crippen LogP contribution in [0.3, 0.4) is 0 Å². The molecule has 204 valence electrons. The first-order chi connectivity index (χ1) is 17.1. The summed E-state index contributed by atoms with van der Waals surface area (Å²) in [5.41, 5.74) is -4.00. The van der Waals surface area contributed by atoms with E-state index in [0.717, 1.165) is 19.3 Å². The van der Waals surface area contributed by atoms with Gasteiger partial charge in [-0.05, 0) is 38.3 Å². The van der Waals surface area contributed by atoms with Gasteiger partial charge in [0, 0.05) is 44.5 Å². The van der Waals surface area contributed by atoms with Crippen LogP contribution in [0.1, 0.15) is 38.2 Å². The second-order valence-corrected chi connectivity index (χ2v) is 11.8. The number of hydrogen-bond donors (Lipinski definition) is 1. The number of likely N-dealkylation sites (tertiary alicyclic amines) is 1. The minimum atomic E-state index is -4.71. The highest BCUT2D eigenvalue weighted by atomic mass is 32.2. The molecule has 1 aromatic rings. The van der Waals surface area contributed by atoms with Gasteiger partial charge < -0.3 is 15.1 Å². The van der Waals surface area contributed by atoms with E-state index in [1.807, 2.05) is 0 Å². The molecule has 3 aliphatic rings. The van der Waals surface area contributed by atoms with Crippen molar-refractivity contribution in [2.24, 2.45) is 0 Å². The zero-order chi connectivity index (χ0) is 27.3. The molecule has 1 amide bonds. The number of sulfone groups is 1. The fourth-order valence-corrected chi connectivity index (χ4v) is 5.82.